The van der Waals surface area contributed by atoms with Gasteiger partial charge in [-0.2, -0.15) is 5.10 Å². The summed E-state index contributed by atoms with van der Waals surface area (Å²) in [5.41, 5.74) is 5.32. The van der Waals surface area contributed by atoms with E-state index < -0.39 is 5.97 Å². The third-order valence-electron chi connectivity index (χ3n) is 6.30. The smallest absolute Gasteiger partial charge is 0.343 e. The van der Waals surface area contributed by atoms with Crippen molar-refractivity contribution in [2.45, 2.75) is 47.1 Å². The number of hydrogen-bond acceptors (Lipinski definition) is 5. The Morgan fingerprint density at radius 1 is 1.15 bits per heavy atom. The van der Waals surface area contributed by atoms with Gasteiger partial charge in [0.2, 0.25) is 0 Å². The van der Waals surface area contributed by atoms with E-state index in [4.69, 9.17) is 9.47 Å². The van der Waals surface area contributed by atoms with Crippen LogP contribution >= 0.6 is 0 Å². The molecule has 3 heterocycles. The molecule has 33 heavy (non-hydrogen) atoms. The number of hydrogen-bond donors (Lipinski definition) is 0. The summed E-state index contributed by atoms with van der Waals surface area (Å²) in [5, 5.41) is 4.49. The molecule has 1 aliphatic rings. The quantitative estimate of drug-likeness (QED) is 0.546. The van der Waals surface area contributed by atoms with Gasteiger partial charge in [0.15, 0.2) is 5.43 Å². The lowest BCUT2D eigenvalue weighted by Crippen LogP contribution is -2.33. The van der Waals surface area contributed by atoms with Crippen molar-refractivity contribution < 1.29 is 14.3 Å². The number of aryl methyl sites for hydroxylation is 2. The van der Waals surface area contributed by atoms with Crippen molar-refractivity contribution in [2.75, 3.05) is 13.7 Å². The van der Waals surface area contributed by atoms with E-state index in [0.717, 1.165) is 40.2 Å². The highest BCUT2D eigenvalue weighted by atomic mass is 16.5. The van der Waals surface area contributed by atoms with Gasteiger partial charge in [0.05, 0.1) is 30.8 Å². The lowest BCUT2D eigenvalue weighted by Gasteiger charge is -2.39. The van der Waals surface area contributed by atoms with Crippen molar-refractivity contribution in [1.82, 2.24) is 14.3 Å². The highest BCUT2D eigenvalue weighted by Crippen LogP contribution is 2.45. The van der Waals surface area contributed by atoms with Crippen molar-refractivity contribution in [3.05, 3.63) is 57.5 Å². The number of rotatable bonds is 4. The van der Waals surface area contributed by atoms with E-state index in [2.05, 4.69) is 36.5 Å². The Balaban J connectivity index is 1.97. The van der Waals surface area contributed by atoms with Crippen molar-refractivity contribution >= 4 is 5.97 Å². The Labute approximate surface area is 194 Å². The maximum Gasteiger partial charge on any atom is 0.343 e. The Bertz CT molecular complexity index is 1290. The summed E-state index contributed by atoms with van der Waals surface area (Å²) in [7, 11) is 3.57. The Kier molecular flexibility index (Phi) is 5.68. The molecule has 0 radical (unpaired) electrons. The zero-order valence-corrected chi connectivity index (χ0v) is 20.4. The van der Waals surface area contributed by atoms with Gasteiger partial charge in [-0.3, -0.25) is 9.48 Å². The monoisotopic (exact) mass is 449 g/mol. The van der Waals surface area contributed by atoms with Crippen LogP contribution in [0.15, 0.2) is 35.3 Å². The molecule has 3 aromatic rings. The molecule has 2 aromatic heterocycles. The van der Waals surface area contributed by atoms with E-state index in [1.807, 2.05) is 30.8 Å². The van der Waals surface area contributed by atoms with Gasteiger partial charge in [-0.25, -0.2) is 4.79 Å². The van der Waals surface area contributed by atoms with Crippen LogP contribution in [0.2, 0.25) is 0 Å². The van der Waals surface area contributed by atoms with Crippen LogP contribution in [-0.2, 0) is 18.2 Å². The number of aromatic nitrogens is 3. The first-order valence-corrected chi connectivity index (χ1v) is 11.2. The van der Waals surface area contributed by atoms with Gasteiger partial charge >= 0.3 is 5.97 Å². The molecular weight excluding hydrogens is 418 g/mol. The van der Waals surface area contributed by atoms with Crippen LogP contribution in [0.1, 0.15) is 55.4 Å². The molecule has 0 N–H and O–H groups in total. The van der Waals surface area contributed by atoms with Crippen LogP contribution in [0.4, 0.5) is 0 Å². The first kappa shape index (κ1) is 22.8. The van der Waals surface area contributed by atoms with Gasteiger partial charge < -0.3 is 14.0 Å². The minimum atomic E-state index is -0.587. The third kappa shape index (κ3) is 3.96. The molecule has 0 saturated heterocycles. The zero-order chi connectivity index (χ0) is 24.1. The number of fused-ring (bicyclic) bond motifs is 3. The Hall–Kier alpha value is -3.35. The molecule has 7 nitrogen and oxygen atoms in total. The van der Waals surface area contributed by atoms with Gasteiger partial charge in [0.25, 0.3) is 0 Å². The second-order valence-corrected chi connectivity index (χ2v) is 9.65. The second kappa shape index (κ2) is 8.21. The molecule has 0 saturated carbocycles. The van der Waals surface area contributed by atoms with Crippen molar-refractivity contribution in [3.8, 4) is 28.3 Å². The van der Waals surface area contributed by atoms with Crippen LogP contribution in [0.3, 0.4) is 0 Å². The van der Waals surface area contributed by atoms with Crippen molar-refractivity contribution in [1.29, 1.82) is 0 Å². The summed E-state index contributed by atoms with van der Waals surface area (Å²) in [4.78, 5) is 25.3. The number of pyridine rings is 1. The number of methoxy groups -OCH3 is 1. The summed E-state index contributed by atoms with van der Waals surface area (Å²) in [6.45, 7) is 10.4. The van der Waals surface area contributed by atoms with Crippen molar-refractivity contribution in [3.63, 3.8) is 0 Å². The number of carbonyl (C=O) groups is 1. The predicted octanol–water partition coefficient (Wildman–Crippen LogP) is 4.55. The van der Waals surface area contributed by atoms with Gasteiger partial charge in [-0.05, 0) is 49.4 Å². The minimum Gasteiger partial charge on any atom is -0.496 e. The van der Waals surface area contributed by atoms with Gasteiger partial charge in [0, 0.05) is 36.5 Å². The van der Waals surface area contributed by atoms with E-state index in [1.165, 1.54) is 0 Å². The molecule has 0 fully saturated rings. The number of carbonyl (C=O) groups excluding carboxylic acids is 1. The molecule has 1 aromatic carbocycles. The average molecular weight is 450 g/mol. The molecular formula is C26H31N3O4. The van der Waals surface area contributed by atoms with Crippen LogP contribution in [0, 0.1) is 12.3 Å². The summed E-state index contributed by atoms with van der Waals surface area (Å²) in [6, 6.07) is 7.77. The van der Waals surface area contributed by atoms with Gasteiger partial charge in [0.1, 0.15) is 11.3 Å². The summed E-state index contributed by atoms with van der Waals surface area (Å²) >= 11 is 0. The normalized spacial score (nSPS) is 15.1. The number of benzene rings is 1. The topological polar surface area (TPSA) is 75.3 Å². The van der Waals surface area contributed by atoms with E-state index >= 15 is 0 Å². The fraction of sp³-hybridized carbons (Fsp3) is 0.423. The molecule has 0 spiro atoms. The minimum absolute atomic E-state index is 0.0447. The third-order valence-corrected chi connectivity index (χ3v) is 6.30. The Morgan fingerprint density at radius 3 is 2.45 bits per heavy atom. The summed E-state index contributed by atoms with van der Waals surface area (Å²) < 4.78 is 14.8. The fourth-order valence-corrected chi connectivity index (χ4v) is 4.68. The lowest BCUT2D eigenvalue weighted by molar-refractivity contribution is 0.0523. The number of esters is 1. The van der Waals surface area contributed by atoms with Crippen LogP contribution in [-0.4, -0.2) is 34.0 Å². The SMILES string of the molecule is CCOC(=O)c1cn2c(cc1=O)-c1cc(OC)c(-c3cc(C)nn3C)cc1CC2C(C)(C)C. The van der Waals surface area contributed by atoms with Crippen molar-refractivity contribution in [2.24, 2.45) is 12.5 Å². The van der Waals surface area contributed by atoms with Crippen LogP contribution in [0.25, 0.3) is 22.5 Å². The lowest BCUT2D eigenvalue weighted by atomic mass is 9.78. The summed E-state index contributed by atoms with van der Waals surface area (Å²) in [5.74, 6) is 0.121. The molecule has 174 valence electrons. The molecule has 7 heteroatoms. The number of nitrogens with zero attached hydrogens (tertiary/aromatic N) is 3. The highest BCUT2D eigenvalue weighted by molar-refractivity contribution is 5.89. The van der Waals surface area contributed by atoms with Gasteiger partial charge in [-0.15, -0.1) is 0 Å². The number of ether oxygens (including phenoxy) is 2. The largest absolute Gasteiger partial charge is 0.496 e. The first-order chi connectivity index (χ1) is 15.5. The predicted molar refractivity (Wildman–Crippen MR) is 128 cm³/mol. The zero-order valence-electron chi connectivity index (χ0n) is 20.4. The Morgan fingerprint density at radius 2 is 1.88 bits per heavy atom. The second-order valence-electron chi connectivity index (χ2n) is 9.65. The van der Waals surface area contributed by atoms with E-state index in [9.17, 15) is 9.59 Å². The fourth-order valence-electron chi connectivity index (χ4n) is 4.68. The first-order valence-electron chi connectivity index (χ1n) is 11.2. The summed E-state index contributed by atoms with van der Waals surface area (Å²) in [6.07, 6.45) is 2.42. The molecule has 0 bridgehead atoms. The van der Waals surface area contributed by atoms with Crippen LogP contribution < -0.4 is 10.2 Å². The molecule has 4 rings (SSSR count). The van der Waals surface area contributed by atoms with Gasteiger partial charge in [-0.1, -0.05) is 20.8 Å². The standard InChI is InChI=1S/C26H31N3O4/c1-8-33-25(31)19-14-29-21(13-22(19)30)17-12-23(32-7)18(20-9-15(2)27-28(20)6)10-16(17)11-24(29)26(3,4)5/h9-10,12-14,24H,8,11H2,1-7H3. The molecule has 0 amide bonds. The maximum atomic E-state index is 12.9. The van der Waals surface area contributed by atoms with Crippen LogP contribution in [0.5, 0.6) is 5.75 Å². The van der Waals surface area contributed by atoms with E-state index in [-0.39, 0.29) is 29.1 Å². The van der Waals surface area contributed by atoms with E-state index in [1.54, 1.807) is 26.3 Å². The highest BCUT2D eigenvalue weighted by Gasteiger charge is 2.34. The molecule has 0 aliphatic carbocycles. The molecule has 1 atom stereocenters. The maximum absolute atomic E-state index is 12.9. The molecule has 1 unspecified atom stereocenters. The van der Waals surface area contributed by atoms with E-state index in [0.29, 0.717) is 5.75 Å². The molecule has 1 aliphatic heterocycles. The average Bonchev–Trinajstić information content (AvgIpc) is 3.08.